The van der Waals surface area contributed by atoms with Crippen molar-refractivity contribution >= 4 is 0 Å². The third-order valence-electron chi connectivity index (χ3n) is 4.39. The maximum atomic E-state index is 10.3. The van der Waals surface area contributed by atoms with Gasteiger partial charge >= 0.3 is 0 Å². The second-order valence-corrected chi connectivity index (χ2v) is 5.93. The summed E-state index contributed by atoms with van der Waals surface area (Å²) < 4.78 is 16.1. The van der Waals surface area contributed by atoms with E-state index in [9.17, 15) is 25.5 Å². The van der Waals surface area contributed by atoms with Crippen LogP contribution in [0.1, 0.15) is 12.8 Å². The molecule has 1 aliphatic heterocycles. The van der Waals surface area contributed by atoms with Gasteiger partial charge in [0.1, 0.15) is 24.4 Å². The van der Waals surface area contributed by atoms with Crippen LogP contribution in [0.4, 0.5) is 0 Å². The molecule has 1 saturated carbocycles. The number of hydrogen-bond donors (Lipinski definition) is 5. The molecule has 0 aromatic rings. The van der Waals surface area contributed by atoms with Gasteiger partial charge in [-0.1, -0.05) is 0 Å². The van der Waals surface area contributed by atoms with Gasteiger partial charge in [0, 0.05) is 31.6 Å². The molecule has 9 heteroatoms. The van der Waals surface area contributed by atoms with E-state index in [1.54, 1.807) is 0 Å². The van der Waals surface area contributed by atoms with Crippen LogP contribution in [0, 0.1) is 11.3 Å². The molecule has 2 fully saturated rings. The Morgan fingerprint density at radius 3 is 2.54 bits per heavy atom. The summed E-state index contributed by atoms with van der Waals surface area (Å²) >= 11 is 0. The Kier molecular flexibility index (Phi) is 6.68. The van der Waals surface area contributed by atoms with Crippen LogP contribution < -0.4 is 0 Å². The third kappa shape index (κ3) is 3.93. The lowest BCUT2D eigenvalue weighted by atomic mass is 9.84. The molecular weight excluding hydrogens is 322 g/mol. The molecule has 2 rings (SSSR count). The third-order valence-corrected chi connectivity index (χ3v) is 4.39. The molecule has 0 spiro atoms. The summed E-state index contributed by atoms with van der Waals surface area (Å²) in [6.45, 7) is -0.499. The monoisotopic (exact) mass is 345 g/mol. The number of hydrogen-bond acceptors (Lipinski definition) is 9. The molecule has 0 aromatic heterocycles. The predicted molar refractivity (Wildman–Crippen MR) is 78.4 cm³/mol. The zero-order chi connectivity index (χ0) is 17.9. The second-order valence-electron chi connectivity index (χ2n) is 5.93. The Morgan fingerprint density at radius 1 is 1.25 bits per heavy atom. The van der Waals surface area contributed by atoms with Crippen molar-refractivity contribution < 1.29 is 39.7 Å². The molecule has 136 valence electrons. The first-order chi connectivity index (χ1) is 11.4. The number of aliphatic hydroxyl groups excluding tert-OH is 5. The molecule has 9 nitrogen and oxygen atoms in total. The normalized spacial score (nSPS) is 45.1. The fourth-order valence-electron chi connectivity index (χ4n) is 3.09. The van der Waals surface area contributed by atoms with Crippen molar-refractivity contribution in [3.63, 3.8) is 0 Å². The number of allylic oxidation sites excluding steroid dienone is 1. The Morgan fingerprint density at radius 2 is 1.96 bits per heavy atom. The number of nitriles is 1. The largest absolute Gasteiger partial charge is 0.394 e. The van der Waals surface area contributed by atoms with Crippen LogP contribution >= 0.6 is 0 Å². The predicted octanol–water partition coefficient (Wildman–Crippen LogP) is -2.21. The van der Waals surface area contributed by atoms with Gasteiger partial charge in [0.05, 0.1) is 31.0 Å². The average Bonchev–Trinajstić information content (AvgIpc) is 2.54. The highest BCUT2D eigenvalue weighted by Crippen LogP contribution is 2.32. The lowest BCUT2D eigenvalue weighted by Gasteiger charge is -2.42. The van der Waals surface area contributed by atoms with Gasteiger partial charge in [-0.3, -0.25) is 0 Å². The van der Waals surface area contributed by atoms with Crippen LogP contribution in [-0.4, -0.2) is 88.3 Å². The molecule has 0 radical (unpaired) electrons. The minimum absolute atomic E-state index is 0.0477. The number of methoxy groups -OCH3 is 1. The van der Waals surface area contributed by atoms with Crippen molar-refractivity contribution in [3.05, 3.63) is 11.6 Å². The van der Waals surface area contributed by atoms with Crippen LogP contribution in [0.2, 0.25) is 0 Å². The molecule has 1 heterocycles. The number of nitrogens with zero attached hydrogens (tertiary/aromatic N) is 1. The summed E-state index contributed by atoms with van der Waals surface area (Å²) in [4.78, 5) is 0. The van der Waals surface area contributed by atoms with Crippen molar-refractivity contribution in [1.82, 2.24) is 0 Å². The van der Waals surface area contributed by atoms with E-state index in [4.69, 9.17) is 19.5 Å². The minimum atomic E-state index is -1.23. The van der Waals surface area contributed by atoms with Gasteiger partial charge in [-0.2, -0.15) is 5.26 Å². The first kappa shape index (κ1) is 19.2. The molecule has 24 heavy (non-hydrogen) atoms. The van der Waals surface area contributed by atoms with Crippen LogP contribution in [0.5, 0.6) is 0 Å². The quantitative estimate of drug-likeness (QED) is 0.357. The van der Waals surface area contributed by atoms with E-state index in [0.29, 0.717) is 0 Å². The number of rotatable bonds is 4. The van der Waals surface area contributed by atoms with Gasteiger partial charge in [-0.05, 0) is 0 Å². The molecule has 2 aliphatic rings. The molecule has 0 aromatic carbocycles. The standard InChI is InChI=1S/C15H23NO8/c1-22-15-9(19)4-10(7(2-3-16)13(15)20)23-12-5-8(18)14(21)11(6-17)24-12/h2,8-15,17-21H,4-6H2,1H3/b7-2+/t8-,9+,10-,11-,12-,13+,14+,15+/m1/s1. The van der Waals surface area contributed by atoms with Crippen LogP contribution in [-0.2, 0) is 14.2 Å². The summed E-state index contributed by atoms with van der Waals surface area (Å²) in [6.07, 6.45) is -7.15. The van der Waals surface area contributed by atoms with Crippen molar-refractivity contribution in [2.75, 3.05) is 13.7 Å². The van der Waals surface area contributed by atoms with Crippen LogP contribution in [0.25, 0.3) is 0 Å². The Labute approximate surface area is 139 Å². The van der Waals surface area contributed by atoms with Crippen molar-refractivity contribution in [3.8, 4) is 6.07 Å². The average molecular weight is 345 g/mol. The minimum Gasteiger partial charge on any atom is -0.394 e. The Bertz CT molecular complexity index is 492. The van der Waals surface area contributed by atoms with Crippen molar-refractivity contribution in [2.24, 2.45) is 0 Å². The lowest BCUT2D eigenvalue weighted by molar-refractivity contribution is -0.272. The molecule has 0 unspecified atom stereocenters. The highest BCUT2D eigenvalue weighted by molar-refractivity contribution is 5.26. The van der Waals surface area contributed by atoms with Crippen LogP contribution in [0.15, 0.2) is 11.6 Å². The molecule has 0 amide bonds. The Hall–Kier alpha value is -1.09. The summed E-state index contributed by atoms with van der Waals surface area (Å²) in [5, 5.41) is 58.0. The van der Waals surface area contributed by atoms with E-state index in [1.165, 1.54) is 7.11 Å². The van der Waals surface area contributed by atoms with E-state index in [0.717, 1.165) is 6.08 Å². The topological polar surface area (TPSA) is 153 Å². The van der Waals surface area contributed by atoms with E-state index >= 15 is 0 Å². The van der Waals surface area contributed by atoms with E-state index in [1.807, 2.05) is 6.07 Å². The van der Waals surface area contributed by atoms with Crippen molar-refractivity contribution in [2.45, 2.75) is 61.9 Å². The van der Waals surface area contributed by atoms with Gasteiger partial charge < -0.3 is 39.7 Å². The highest BCUT2D eigenvalue weighted by atomic mass is 16.7. The van der Waals surface area contributed by atoms with Gasteiger partial charge in [-0.25, -0.2) is 0 Å². The highest BCUT2D eigenvalue weighted by Gasteiger charge is 2.43. The second kappa shape index (κ2) is 8.33. The number of aliphatic hydroxyl groups is 5. The molecule has 0 bridgehead atoms. The fraction of sp³-hybridized carbons (Fsp3) is 0.800. The summed E-state index contributed by atoms with van der Waals surface area (Å²) in [5.74, 6) is 0. The van der Waals surface area contributed by atoms with E-state index in [-0.39, 0.29) is 18.4 Å². The summed E-state index contributed by atoms with van der Waals surface area (Å²) in [7, 11) is 1.34. The molecule has 1 saturated heterocycles. The lowest BCUT2D eigenvalue weighted by Crippen LogP contribution is -2.54. The maximum absolute atomic E-state index is 10.3. The summed E-state index contributed by atoms with van der Waals surface area (Å²) in [6, 6.07) is 1.82. The molecule has 8 atom stereocenters. The maximum Gasteiger partial charge on any atom is 0.161 e. The molecular formula is C15H23NO8. The Balaban J connectivity index is 2.12. The van der Waals surface area contributed by atoms with E-state index in [2.05, 4.69) is 0 Å². The summed E-state index contributed by atoms with van der Waals surface area (Å²) in [5.41, 5.74) is 0.236. The smallest absolute Gasteiger partial charge is 0.161 e. The first-order valence-electron chi connectivity index (χ1n) is 7.69. The molecule has 5 N–H and O–H groups in total. The zero-order valence-electron chi connectivity index (χ0n) is 13.2. The first-order valence-corrected chi connectivity index (χ1v) is 7.69. The molecule has 1 aliphatic carbocycles. The zero-order valence-corrected chi connectivity index (χ0v) is 13.2. The SMILES string of the molecule is CO[C@H]1[C@@H](O)C[C@@H](O[C@H]2C[C@@H](O)[C@H](O)[C@@H](CO)O2)/C(=C\C#N)[C@@H]1O. The van der Waals surface area contributed by atoms with Gasteiger partial charge in [0.15, 0.2) is 6.29 Å². The van der Waals surface area contributed by atoms with Crippen molar-refractivity contribution in [1.29, 1.82) is 5.26 Å². The van der Waals surface area contributed by atoms with Gasteiger partial charge in [-0.15, -0.1) is 0 Å². The van der Waals surface area contributed by atoms with E-state index < -0.39 is 55.6 Å². The van der Waals surface area contributed by atoms with Gasteiger partial charge in [0.2, 0.25) is 0 Å². The number of ether oxygens (including phenoxy) is 3. The van der Waals surface area contributed by atoms with Crippen LogP contribution in [0.3, 0.4) is 0 Å². The fourth-order valence-corrected chi connectivity index (χ4v) is 3.09. The van der Waals surface area contributed by atoms with Gasteiger partial charge in [0.25, 0.3) is 0 Å².